The van der Waals surface area contributed by atoms with Crippen molar-refractivity contribution in [1.82, 2.24) is 9.97 Å². The van der Waals surface area contributed by atoms with E-state index in [9.17, 15) is 0 Å². The van der Waals surface area contributed by atoms with Gasteiger partial charge in [0.2, 0.25) is 0 Å². The molecule has 0 bridgehead atoms. The highest BCUT2D eigenvalue weighted by Gasteiger charge is 2.20. The van der Waals surface area contributed by atoms with Crippen molar-refractivity contribution in [2.45, 2.75) is 66.8 Å². The number of anilines is 2. The molecule has 1 rings (SSSR count). The average molecular weight is 292 g/mol. The summed E-state index contributed by atoms with van der Waals surface area (Å²) in [5.41, 5.74) is 1.14. The molecule has 120 valence electrons. The summed E-state index contributed by atoms with van der Waals surface area (Å²) >= 11 is 0. The second-order valence-corrected chi connectivity index (χ2v) is 6.56. The summed E-state index contributed by atoms with van der Waals surface area (Å²) in [6.07, 6.45) is 1.09. The third-order valence-corrected chi connectivity index (χ3v) is 4.11. The van der Waals surface area contributed by atoms with Crippen LogP contribution in [0.1, 0.15) is 65.3 Å². The van der Waals surface area contributed by atoms with E-state index < -0.39 is 0 Å². The van der Waals surface area contributed by atoms with Gasteiger partial charge in [-0.2, -0.15) is 0 Å². The zero-order valence-electron chi connectivity index (χ0n) is 15.0. The van der Waals surface area contributed by atoms with E-state index in [1.54, 1.807) is 0 Å². The van der Waals surface area contributed by atoms with Crippen molar-refractivity contribution < 1.29 is 0 Å². The van der Waals surface area contributed by atoms with Crippen molar-refractivity contribution in [2.75, 3.05) is 23.8 Å². The van der Waals surface area contributed by atoms with E-state index in [1.807, 2.05) is 0 Å². The van der Waals surface area contributed by atoms with Crippen LogP contribution >= 0.6 is 0 Å². The van der Waals surface area contributed by atoms with Gasteiger partial charge >= 0.3 is 0 Å². The van der Waals surface area contributed by atoms with Crippen LogP contribution in [-0.4, -0.2) is 29.6 Å². The maximum Gasteiger partial charge on any atom is 0.137 e. The Balaban J connectivity index is 3.25. The summed E-state index contributed by atoms with van der Waals surface area (Å²) in [5.74, 6) is 3.85. The lowest BCUT2D eigenvalue weighted by Crippen LogP contribution is -2.34. The molecule has 1 atom stereocenters. The van der Waals surface area contributed by atoms with Crippen LogP contribution in [-0.2, 0) is 0 Å². The van der Waals surface area contributed by atoms with Crippen molar-refractivity contribution in [3.63, 3.8) is 0 Å². The van der Waals surface area contributed by atoms with E-state index in [2.05, 4.69) is 65.7 Å². The van der Waals surface area contributed by atoms with Crippen molar-refractivity contribution >= 4 is 11.6 Å². The van der Waals surface area contributed by atoms with Crippen molar-refractivity contribution in [2.24, 2.45) is 5.92 Å². The molecule has 0 amide bonds. The van der Waals surface area contributed by atoms with Gasteiger partial charge < -0.3 is 10.2 Å². The molecule has 0 aliphatic carbocycles. The van der Waals surface area contributed by atoms with Gasteiger partial charge in [-0.1, -0.05) is 34.6 Å². The Kier molecular flexibility index (Phi) is 6.43. The fourth-order valence-corrected chi connectivity index (χ4v) is 2.18. The van der Waals surface area contributed by atoms with Crippen LogP contribution in [0.2, 0.25) is 0 Å². The molecule has 1 aromatic rings. The second kappa shape index (κ2) is 7.62. The maximum absolute atomic E-state index is 4.82. The van der Waals surface area contributed by atoms with Gasteiger partial charge in [0.1, 0.15) is 17.5 Å². The predicted octanol–water partition coefficient (Wildman–Crippen LogP) is 4.21. The number of hydrogen-bond donors (Lipinski definition) is 1. The SMILES string of the molecule is CCCNc1nc(C(C)C)nc(N(C)C(C)C(C)C)c1C. The van der Waals surface area contributed by atoms with Crippen LogP contribution in [0, 0.1) is 12.8 Å². The zero-order chi connectivity index (χ0) is 16.2. The third kappa shape index (κ3) is 4.32. The van der Waals surface area contributed by atoms with E-state index in [4.69, 9.17) is 9.97 Å². The van der Waals surface area contributed by atoms with E-state index in [0.29, 0.717) is 17.9 Å². The van der Waals surface area contributed by atoms with E-state index in [1.165, 1.54) is 0 Å². The smallest absolute Gasteiger partial charge is 0.137 e. The molecule has 1 unspecified atom stereocenters. The summed E-state index contributed by atoms with van der Waals surface area (Å²) in [5, 5.41) is 3.44. The maximum atomic E-state index is 4.82. The van der Waals surface area contributed by atoms with E-state index >= 15 is 0 Å². The molecule has 1 heterocycles. The molecule has 0 radical (unpaired) electrons. The van der Waals surface area contributed by atoms with Crippen molar-refractivity contribution in [1.29, 1.82) is 0 Å². The van der Waals surface area contributed by atoms with Crippen molar-refractivity contribution in [3.8, 4) is 0 Å². The highest BCUT2D eigenvalue weighted by atomic mass is 15.2. The molecule has 0 spiro atoms. The Morgan fingerprint density at radius 2 is 1.71 bits per heavy atom. The minimum absolute atomic E-state index is 0.328. The number of nitrogens with zero attached hydrogens (tertiary/aromatic N) is 3. The highest BCUT2D eigenvalue weighted by Crippen LogP contribution is 2.27. The minimum Gasteiger partial charge on any atom is -0.370 e. The first-order chi connectivity index (χ1) is 9.79. The first-order valence-corrected chi connectivity index (χ1v) is 8.14. The third-order valence-electron chi connectivity index (χ3n) is 4.11. The molecule has 0 saturated heterocycles. The summed E-state index contributed by atoms with van der Waals surface area (Å²) in [6.45, 7) is 16.3. The second-order valence-electron chi connectivity index (χ2n) is 6.56. The molecule has 4 heteroatoms. The molecule has 0 saturated carbocycles. The molecular weight excluding hydrogens is 260 g/mol. The number of hydrogen-bond acceptors (Lipinski definition) is 4. The molecule has 1 aromatic heterocycles. The van der Waals surface area contributed by atoms with Gasteiger partial charge in [0, 0.05) is 31.1 Å². The summed E-state index contributed by atoms with van der Waals surface area (Å²) in [4.78, 5) is 11.8. The van der Waals surface area contributed by atoms with Gasteiger partial charge in [-0.3, -0.25) is 0 Å². The standard InChI is InChI=1S/C17H32N4/c1-9-10-18-16-13(6)17(20-15(19-16)12(4)5)21(8)14(7)11(2)3/h11-12,14H,9-10H2,1-8H3,(H,18,19,20). The Morgan fingerprint density at radius 3 is 2.19 bits per heavy atom. The molecule has 0 aromatic carbocycles. The number of nitrogens with one attached hydrogen (secondary N) is 1. The molecule has 0 fully saturated rings. The Labute approximate surface area is 130 Å². The molecule has 0 aliphatic heterocycles. The van der Waals surface area contributed by atoms with Gasteiger partial charge in [-0.05, 0) is 26.2 Å². The summed E-state index contributed by atoms with van der Waals surface area (Å²) < 4.78 is 0. The fraction of sp³-hybridized carbons (Fsp3) is 0.765. The molecule has 21 heavy (non-hydrogen) atoms. The lowest BCUT2D eigenvalue weighted by Gasteiger charge is -2.31. The van der Waals surface area contributed by atoms with Crippen LogP contribution < -0.4 is 10.2 Å². The average Bonchev–Trinajstić information content (AvgIpc) is 2.44. The Bertz CT molecular complexity index is 454. The lowest BCUT2D eigenvalue weighted by molar-refractivity contribution is 0.501. The van der Waals surface area contributed by atoms with E-state index in [-0.39, 0.29) is 0 Å². The van der Waals surface area contributed by atoms with Crippen LogP contribution in [0.4, 0.5) is 11.6 Å². The van der Waals surface area contributed by atoms with Crippen LogP contribution in [0.15, 0.2) is 0 Å². The Morgan fingerprint density at radius 1 is 1.10 bits per heavy atom. The highest BCUT2D eigenvalue weighted by molar-refractivity contribution is 5.59. The van der Waals surface area contributed by atoms with E-state index in [0.717, 1.165) is 36.0 Å². The van der Waals surface area contributed by atoms with Crippen LogP contribution in [0.5, 0.6) is 0 Å². The quantitative estimate of drug-likeness (QED) is 0.817. The zero-order valence-corrected chi connectivity index (χ0v) is 15.0. The number of aromatic nitrogens is 2. The van der Waals surface area contributed by atoms with Gasteiger partial charge in [0.25, 0.3) is 0 Å². The molecule has 4 nitrogen and oxygen atoms in total. The fourth-order valence-electron chi connectivity index (χ4n) is 2.18. The van der Waals surface area contributed by atoms with Gasteiger partial charge in [0.15, 0.2) is 0 Å². The first-order valence-electron chi connectivity index (χ1n) is 8.14. The summed E-state index contributed by atoms with van der Waals surface area (Å²) in [6, 6.07) is 0.442. The normalized spacial score (nSPS) is 12.9. The lowest BCUT2D eigenvalue weighted by atomic mass is 10.0. The van der Waals surface area contributed by atoms with Crippen LogP contribution in [0.3, 0.4) is 0 Å². The summed E-state index contributed by atoms with van der Waals surface area (Å²) in [7, 11) is 2.13. The Hall–Kier alpha value is -1.32. The van der Waals surface area contributed by atoms with Crippen molar-refractivity contribution in [3.05, 3.63) is 11.4 Å². The predicted molar refractivity (Wildman–Crippen MR) is 92.3 cm³/mol. The van der Waals surface area contributed by atoms with Gasteiger partial charge in [0.05, 0.1) is 0 Å². The van der Waals surface area contributed by atoms with Crippen LogP contribution in [0.25, 0.3) is 0 Å². The molecule has 1 N–H and O–H groups in total. The monoisotopic (exact) mass is 292 g/mol. The van der Waals surface area contributed by atoms with Gasteiger partial charge in [-0.15, -0.1) is 0 Å². The molecule has 0 aliphatic rings. The topological polar surface area (TPSA) is 41.1 Å². The first kappa shape index (κ1) is 17.7. The number of rotatable bonds is 7. The van der Waals surface area contributed by atoms with Gasteiger partial charge in [-0.25, -0.2) is 9.97 Å². The minimum atomic E-state index is 0.328. The molecular formula is C17H32N4. The largest absolute Gasteiger partial charge is 0.370 e.